The van der Waals surface area contributed by atoms with E-state index < -0.39 is 0 Å². The number of nitrogens with zero attached hydrogens (tertiary/aromatic N) is 2. The van der Waals surface area contributed by atoms with E-state index in [1.165, 1.54) is 0 Å². The lowest BCUT2D eigenvalue weighted by molar-refractivity contribution is -0.0667. The first kappa shape index (κ1) is 16.6. The summed E-state index contributed by atoms with van der Waals surface area (Å²) < 4.78 is 5.50. The fraction of sp³-hybridized carbons (Fsp3) is 0.368. The van der Waals surface area contributed by atoms with Crippen molar-refractivity contribution in [1.82, 2.24) is 9.88 Å². The molecular weight excluding hydrogens is 304 g/mol. The van der Waals surface area contributed by atoms with E-state index in [2.05, 4.69) is 4.98 Å². The number of pyridine rings is 1. The molecule has 2 aromatic rings. The molecule has 1 aromatic carbocycles. The van der Waals surface area contributed by atoms with E-state index in [0.29, 0.717) is 24.4 Å². The second kappa shape index (κ2) is 7.11. The minimum atomic E-state index is -0.318. The zero-order chi connectivity index (χ0) is 17.1. The van der Waals surface area contributed by atoms with Crippen molar-refractivity contribution >= 4 is 5.91 Å². The predicted octanol–water partition coefficient (Wildman–Crippen LogP) is 2.28. The molecule has 2 atom stereocenters. The zero-order valence-corrected chi connectivity index (χ0v) is 14.0. The summed E-state index contributed by atoms with van der Waals surface area (Å²) in [7, 11) is 0. The smallest absolute Gasteiger partial charge is 0.256 e. The van der Waals surface area contributed by atoms with Crippen LogP contribution in [-0.2, 0) is 4.74 Å². The van der Waals surface area contributed by atoms with E-state index in [4.69, 9.17) is 4.74 Å². The Morgan fingerprint density at radius 3 is 2.71 bits per heavy atom. The number of morpholine rings is 1. The maximum Gasteiger partial charge on any atom is 0.256 e. The van der Waals surface area contributed by atoms with E-state index >= 15 is 0 Å². The minimum absolute atomic E-state index is 0.0199. The van der Waals surface area contributed by atoms with Crippen LogP contribution >= 0.6 is 0 Å². The standard InChI is InChI=1S/C19H22N2O3/c1-13-12-24-16(11-22)10-21(13)19(23)17-8-9-18(20-14(17)2)15-6-4-3-5-7-15/h3-9,13,16,22H,10-12H2,1-2H3. The van der Waals surface area contributed by atoms with Crippen molar-refractivity contribution in [3.63, 3.8) is 0 Å². The Morgan fingerprint density at radius 1 is 1.29 bits per heavy atom. The number of amides is 1. The Labute approximate surface area is 141 Å². The van der Waals surface area contributed by atoms with Gasteiger partial charge in [-0.25, -0.2) is 0 Å². The molecular formula is C19H22N2O3. The molecule has 0 bridgehead atoms. The number of benzene rings is 1. The van der Waals surface area contributed by atoms with Crippen molar-refractivity contribution in [2.24, 2.45) is 0 Å². The van der Waals surface area contributed by atoms with Gasteiger partial charge in [-0.15, -0.1) is 0 Å². The van der Waals surface area contributed by atoms with Crippen LogP contribution in [0, 0.1) is 6.92 Å². The summed E-state index contributed by atoms with van der Waals surface area (Å²) in [6.45, 7) is 4.56. The number of aromatic nitrogens is 1. The SMILES string of the molecule is Cc1nc(-c2ccccc2)ccc1C(=O)N1CC(CO)OCC1C. The number of aliphatic hydroxyl groups is 1. The highest BCUT2D eigenvalue weighted by Gasteiger charge is 2.30. The maximum absolute atomic E-state index is 12.9. The molecule has 1 aromatic heterocycles. The number of carbonyl (C=O) groups excluding carboxylic acids is 1. The van der Waals surface area contributed by atoms with Crippen LogP contribution in [0.4, 0.5) is 0 Å². The molecule has 1 saturated heterocycles. The molecule has 3 rings (SSSR count). The van der Waals surface area contributed by atoms with Gasteiger partial charge in [-0.3, -0.25) is 9.78 Å². The van der Waals surface area contributed by atoms with Crippen LogP contribution in [0.5, 0.6) is 0 Å². The zero-order valence-electron chi connectivity index (χ0n) is 14.0. The first-order valence-electron chi connectivity index (χ1n) is 8.16. The Hall–Kier alpha value is -2.24. The number of hydrogen-bond donors (Lipinski definition) is 1. The summed E-state index contributed by atoms with van der Waals surface area (Å²) in [5, 5.41) is 9.29. The van der Waals surface area contributed by atoms with Gasteiger partial charge in [-0.2, -0.15) is 0 Å². The normalized spacial score (nSPS) is 20.9. The molecule has 1 amide bonds. The van der Waals surface area contributed by atoms with Crippen molar-refractivity contribution in [2.75, 3.05) is 19.8 Å². The predicted molar refractivity (Wildman–Crippen MR) is 91.7 cm³/mol. The molecule has 2 unspecified atom stereocenters. The number of carbonyl (C=O) groups is 1. The van der Waals surface area contributed by atoms with Crippen molar-refractivity contribution in [3.8, 4) is 11.3 Å². The highest BCUT2D eigenvalue weighted by Crippen LogP contribution is 2.21. The molecule has 0 spiro atoms. The lowest BCUT2D eigenvalue weighted by Crippen LogP contribution is -2.52. The molecule has 5 heteroatoms. The number of aliphatic hydroxyl groups excluding tert-OH is 1. The Bertz CT molecular complexity index is 718. The third kappa shape index (κ3) is 3.32. The van der Waals surface area contributed by atoms with Crippen molar-refractivity contribution < 1.29 is 14.6 Å². The van der Waals surface area contributed by atoms with Crippen LogP contribution in [0.25, 0.3) is 11.3 Å². The van der Waals surface area contributed by atoms with Crippen LogP contribution in [-0.4, -0.2) is 52.8 Å². The summed E-state index contributed by atoms with van der Waals surface area (Å²) in [5.41, 5.74) is 3.19. The van der Waals surface area contributed by atoms with E-state index in [9.17, 15) is 9.90 Å². The fourth-order valence-corrected chi connectivity index (χ4v) is 2.92. The highest BCUT2D eigenvalue weighted by atomic mass is 16.5. The van der Waals surface area contributed by atoms with Gasteiger partial charge in [0.25, 0.3) is 5.91 Å². The highest BCUT2D eigenvalue weighted by molar-refractivity contribution is 5.95. The minimum Gasteiger partial charge on any atom is -0.394 e. The van der Waals surface area contributed by atoms with Crippen molar-refractivity contribution in [1.29, 1.82) is 0 Å². The van der Waals surface area contributed by atoms with Gasteiger partial charge >= 0.3 is 0 Å². The number of hydrogen-bond acceptors (Lipinski definition) is 4. The number of aryl methyl sites for hydroxylation is 1. The average molecular weight is 326 g/mol. The van der Waals surface area contributed by atoms with Crippen molar-refractivity contribution in [2.45, 2.75) is 26.0 Å². The third-order valence-corrected chi connectivity index (χ3v) is 4.36. The first-order chi connectivity index (χ1) is 11.6. The molecule has 0 radical (unpaired) electrons. The van der Waals surface area contributed by atoms with Gasteiger partial charge in [0.05, 0.1) is 42.3 Å². The molecule has 5 nitrogen and oxygen atoms in total. The molecule has 0 aliphatic carbocycles. The van der Waals surface area contributed by atoms with Gasteiger partial charge < -0.3 is 14.7 Å². The Morgan fingerprint density at radius 2 is 2.04 bits per heavy atom. The molecule has 24 heavy (non-hydrogen) atoms. The molecule has 126 valence electrons. The van der Waals surface area contributed by atoms with Gasteiger partial charge in [0, 0.05) is 12.1 Å². The monoisotopic (exact) mass is 326 g/mol. The van der Waals surface area contributed by atoms with E-state index in [1.54, 1.807) is 4.90 Å². The molecule has 2 heterocycles. The van der Waals surface area contributed by atoms with Gasteiger partial charge in [0.1, 0.15) is 0 Å². The lowest BCUT2D eigenvalue weighted by atomic mass is 10.1. The van der Waals surface area contributed by atoms with Crippen LogP contribution < -0.4 is 0 Å². The molecule has 1 fully saturated rings. The number of ether oxygens (including phenoxy) is 1. The van der Waals surface area contributed by atoms with Crippen LogP contribution in [0.3, 0.4) is 0 Å². The van der Waals surface area contributed by atoms with E-state index in [0.717, 1.165) is 11.3 Å². The van der Waals surface area contributed by atoms with Gasteiger partial charge in [0.15, 0.2) is 0 Å². The third-order valence-electron chi connectivity index (χ3n) is 4.36. The first-order valence-corrected chi connectivity index (χ1v) is 8.16. The fourth-order valence-electron chi connectivity index (χ4n) is 2.92. The quantitative estimate of drug-likeness (QED) is 0.940. The van der Waals surface area contributed by atoms with Crippen LogP contribution in [0.15, 0.2) is 42.5 Å². The Kier molecular flexibility index (Phi) is 4.92. The maximum atomic E-state index is 12.9. The van der Waals surface area contributed by atoms with E-state index in [1.807, 2.05) is 56.3 Å². The summed E-state index contributed by atoms with van der Waals surface area (Å²) in [4.78, 5) is 19.2. The van der Waals surface area contributed by atoms with Crippen molar-refractivity contribution in [3.05, 3.63) is 53.7 Å². The average Bonchev–Trinajstić information content (AvgIpc) is 2.62. The Balaban J connectivity index is 1.85. The van der Waals surface area contributed by atoms with E-state index in [-0.39, 0.29) is 24.7 Å². The molecule has 1 aliphatic rings. The summed E-state index contributed by atoms with van der Waals surface area (Å²) in [6, 6.07) is 13.6. The summed E-state index contributed by atoms with van der Waals surface area (Å²) >= 11 is 0. The molecule has 1 aliphatic heterocycles. The lowest BCUT2D eigenvalue weighted by Gasteiger charge is -2.37. The summed E-state index contributed by atoms with van der Waals surface area (Å²) in [6.07, 6.45) is -0.318. The van der Waals surface area contributed by atoms with Crippen LogP contribution in [0.1, 0.15) is 23.0 Å². The second-order valence-electron chi connectivity index (χ2n) is 6.14. The van der Waals surface area contributed by atoms with Gasteiger partial charge in [-0.1, -0.05) is 30.3 Å². The van der Waals surface area contributed by atoms with Crippen LogP contribution in [0.2, 0.25) is 0 Å². The van der Waals surface area contributed by atoms with Gasteiger partial charge in [0.2, 0.25) is 0 Å². The summed E-state index contributed by atoms with van der Waals surface area (Å²) in [5.74, 6) is -0.0612. The van der Waals surface area contributed by atoms with Gasteiger partial charge in [-0.05, 0) is 26.0 Å². The topological polar surface area (TPSA) is 62.7 Å². The number of rotatable bonds is 3. The largest absolute Gasteiger partial charge is 0.394 e. The molecule has 0 saturated carbocycles. The second-order valence-corrected chi connectivity index (χ2v) is 6.14. The molecule has 1 N–H and O–H groups in total.